The number of nitroso groups, excluding NO2 is 1. The first-order valence-electron chi connectivity index (χ1n) is 10.2. The Morgan fingerprint density at radius 3 is 2.86 bits per heavy atom. The van der Waals surface area contributed by atoms with E-state index >= 15 is 0 Å². The van der Waals surface area contributed by atoms with Crippen molar-refractivity contribution >= 4 is 11.9 Å². The predicted octanol–water partition coefficient (Wildman–Crippen LogP) is 2.46. The van der Waals surface area contributed by atoms with Crippen LogP contribution in [-0.4, -0.2) is 37.1 Å². The number of primary amides is 1. The van der Waals surface area contributed by atoms with E-state index in [0.29, 0.717) is 17.9 Å². The zero-order valence-corrected chi connectivity index (χ0v) is 16.8. The summed E-state index contributed by atoms with van der Waals surface area (Å²) in [5.74, 6) is 0.00306. The molecule has 0 saturated heterocycles. The number of carbonyl (C=O) groups excluding carboxylic acids is 2. The Morgan fingerprint density at radius 2 is 2.25 bits per heavy atom. The van der Waals surface area contributed by atoms with E-state index in [1.54, 1.807) is 6.08 Å². The summed E-state index contributed by atoms with van der Waals surface area (Å²) < 4.78 is 5.09. The van der Waals surface area contributed by atoms with Gasteiger partial charge in [0.2, 0.25) is 5.91 Å². The predicted molar refractivity (Wildman–Crippen MR) is 106 cm³/mol. The fourth-order valence-electron chi connectivity index (χ4n) is 5.81. The molecule has 3 rings (SSSR count). The fourth-order valence-corrected chi connectivity index (χ4v) is 5.81. The van der Waals surface area contributed by atoms with Crippen LogP contribution in [0.4, 0.5) is 0 Å². The summed E-state index contributed by atoms with van der Waals surface area (Å²) in [6.45, 7) is 9.04. The maximum atomic E-state index is 12.2. The normalized spacial score (nSPS) is 36.3. The molecule has 2 aliphatic carbocycles. The second kappa shape index (κ2) is 8.15. The molecule has 3 unspecified atom stereocenters. The van der Waals surface area contributed by atoms with Gasteiger partial charge in [-0.2, -0.15) is 4.91 Å². The van der Waals surface area contributed by atoms with Gasteiger partial charge in [-0.05, 0) is 61.3 Å². The van der Waals surface area contributed by atoms with Gasteiger partial charge in [-0.25, -0.2) is 4.79 Å². The zero-order chi connectivity index (χ0) is 20.5. The van der Waals surface area contributed by atoms with Crippen molar-refractivity contribution in [3.05, 3.63) is 28.7 Å². The molecular formula is C21H31N3O4. The van der Waals surface area contributed by atoms with Gasteiger partial charge in [-0.3, -0.25) is 4.79 Å². The molecular weight excluding hydrogens is 358 g/mol. The van der Waals surface area contributed by atoms with Crippen LogP contribution in [0, 0.1) is 28.1 Å². The lowest BCUT2D eigenvalue weighted by Gasteiger charge is -2.55. The number of nitrogens with two attached hydrogens (primary N) is 1. The van der Waals surface area contributed by atoms with Crippen molar-refractivity contribution < 1.29 is 14.3 Å². The molecule has 3 N–H and O–H groups in total. The third kappa shape index (κ3) is 3.77. The summed E-state index contributed by atoms with van der Waals surface area (Å²) in [5, 5.41) is 6.52. The minimum atomic E-state index is -0.463. The van der Waals surface area contributed by atoms with Crippen LogP contribution in [0.15, 0.2) is 29.0 Å². The molecule has 154 valence electrons. The van der Waals surface area contributed by atoms with E-state index in [1.165, 1.54) is 5.57 Å². The van der Waals surface area contributed by atoms with Crippen LogP contribution < -0.4 is 11.1 Å². The molecule has 0 aromatic heterocycles. The lowest BCUT2D eigenvalue weighted by atomic mass is 9.50. The second-order valence-corrected chi connectivity index (χ2v) is 8.83. The molecule has 6 atom stereocenters. The Kier molecular flexibility index (Phi) is 6.03. The molecule has 1 aliphatic heterocycles. The molecule has 28 heavy (non-hydrogen) atoms. The smallest absolute Gasteiger partial charge is 0.335 e. The van der Waals surface area contributed by atoms with Gasteiger partial charge in [0.25, 0.3) is 0 Å². The van der Waals surface area contributed by atoms with Gasteiger partial charge in [0.15, 0.2) is 0 Å². The van der Waals surface area contributed by atoms with Gasteiger partial charge in [0.05, 0.1) is 18.2 Å². The van der Waals surface area contributed by atoms with Crippen molar-refractivity contribution in [2.75, 3.05) is 13.2 Å². The SMILES string of the molecule is C=C1CCC2[C@@H](C)C(N=O)CC[C@]2(C)[C@@H]1CC(NCC(N)=O)C1=CCOC1=O. The number of nitrogens with one attached hydrogen (secondary N) is 1. The van der Waals surface area contributed by atoms with Gasteiger partial charge in [-0.1, -0.05) is 31.2 Å². The topological polar surface area (TPSA) is 111 Å². The first-order valence-corrected chi connectivity index (χ1v) is 10.2. The van der Waals surface area contributed by atoms with Crippen LogP contribution in [-0.2, 0) is 14.3 Å². The van der Waals surface area contributed by atoms with Gasteiger partial charge >= 0.3 is 5.97 Å². The Labute approximate surface area is 166 Å². The summed E-state index contributed by atoms with van der Waals surface area (Å²) in [4.78, 5) is 34.7. The largest absolute Gasteiger partial charge is 0.458 e. The van der Waals surface area contributed by atoms with E-state index in [9.17, 15) is 14.5 Å². The average Bonchev–Trinajstić information content (AvgIpc) is 3.06. The van der Waals surface area contributed by atoms with Gasteiger partial charge in [0, 0.05) is 6.04 Å². The molecule has 7 heteroatoms. The summed E-state index contributed by atoms with van der Waals surface area (Å²) in [6, 6.07) is -0.432. The average molecular weight is 389 g/mol. The molecule has 0 radical (unpaired) electrons. The number of esters is 1. The monoisotopic (exact) mass is 389 g/mol. The third-order valence-electron chi connectivity index (χ3n) is 7.39. The minimum Gasteiger partial charge on any atom is -0.458 e. The van der Waals surface area contributed by atoms with Crippen LogP contribution in [0.3, 0.4) is 0 Å². The van der Waals surface area contributed by atoms with E-state index in [-0.39, 0.29) is 48.5 Å². The Hall–Kier alpha value is -2.02. The molecule has 1 heterocycles. The van der Waals surface area contributed by atoms with E-state index in [4.69, 9.17) is 10.5 Å². The van der Waals surface area contributed by atoms with E-state index < -0.39 is 5.91 Å². The van der Waals surface area contributed by atoms with Crippen molar-refractivity contribution in [2.45, 2.75) is 58.0 Å². The molecule has 1 amide bonds. The van der Waals surface area contributed by atoms with Gasteiger partial charge in [0.1, 0.15) is 6.61 Å². The number of hydrogen-bond donors (Lipinski definition) is 2. The van der Waals surface area contributed by atoms with E-state index in [2.05, 4.69) is 30.9 Å². The van der Waals surface area contributed by atoms with Crippen LogP contribution in [0.2, 0.25) is 0 Å². The first kappa shape index (κ1) is 20.7. The number of fused-ring (bicyclic) bond motifs is 1. The van der Waals surface area contributed by atoms with Gasteiger partial charge in [-0.15, -0.1) is 0 Å². The third-order valence-corrected chi connectivity index (χ3v) is 7.39. The number of nitrogens with zero attached hydrogens (tertiary/aromatic N) is 1. The van der Waals surface area contributed by atoms with Crippen molar-refractivity contribution in [3.63, 3.8) is 0 Å². The van der Waals surface area contributed by atoms with Crippen LogP contribution >= 0.6 is 0 Å². The minimum absolute atomic E-state index is 0.00215. The number of hydrogen-bond acceptors (Lipinski definition) is 6. The molecule has 3 aliphatic rings. The van der Waals surface area contributed by atoms with Crippen molar-refractivity contribution in [3.8, 4) is 0 Å². The highest BCUT2D eigenvalue weighted by Gasteiger charge is 2.52. The number of carbonyl (C=O) groups is 2. The highest BCUT2D eigenvalue weighted by Crippen LogP contribution is 2.58. The standard InChI is InChI=1S/C21H31N3O4/c1-12-4-5-15-13(2)17(24-27)6-8-21(15,3)16(12)10-18(23-11-19(22)25)14-7-9-28-20(14)26/h7,13,15-18,23H,1,4-6,8-11H2,2-3H3,(H2,22,25)/t13-,15?,16-,17?,18?,21+/m1/s1. The highest BCUT2D eigenvalue weighted by atomic mass is 16.5. The van der Waals surface area contributed by atoms with Crippen LogP contribution in [0.5, 0.6) is 0 Å². The Balaban J connectivity index is 1.85. The second-order valence-electron chi connectivity index (χ2n) is 8.83. The van der Waals surface area contributed by atoms with Crippen LogP contribution in [0.1, 0.15) is 46.0 Å². The number of amides is 1. The zero-order valence-electron chi connectivity index (χ0n) is 16.8. The van der Waals surface area contributed by atoms with Crippen molar-refractivity contribution in [1.29, 1.82) is 0 Å². The van der Waals surface area contributed by atoms with Crippen molar-refractivity contribution in [1.82, 2.24) is 5.32 Å². The first-order chi connectivity index (χ1) is 13.3. The van der Waals surface area contributed by atoms with Gasteiger partial charge < -0.3 is 15.8 Å². The van der Waals surface area contributed by atoms with Crippen LogP contribution in [0.25, 0.3) is 0 Å². The molecule has 0 bridgehead atoms. The lowest BCUT2D eigenvalue weighted by Crippen LogP contribution is -2.51. The Morgan fingerprint density at radius 1 is 1.50 bits per heavy atom. The molecule has 0 spiro atoms. The lowest BCUT2D eigenvalue weighted by molar-refractivity contribution is -0.136. The number of allylic oxidation sites excluding steroid dienone is 1. The number of rotatable bonds is 7. The molecule has 2 fully saturated rings. The summed E-state index contributed by atoms with van der Waals surface area (Å²) in [6.07, 6.45) is 6.06. The maximum absolute atomic E-state index is 12.2. The van der Waals surface area contributed by atoms with E-state index in [0.717, 1.165) is 25.7 Å². The number of ether oxygens (including phenoxy) is 1. The highest BCUT2D eigenvalue weighted by molar-refractivity contribution is 5.92. The fraction of sp³-hybridized carbons (Fsp3) is 0.714. The summed E-state index contributed by atoms with van der Waals surface area (Å²) in [7, 11) is 0. The quantitative estimate of drug-likeness (QED) is 0.395. The summed E-state index contributed by atoms with van der Waals surface area (Å²) in [5.41, 5.74) is 7.06. The number of cyclic esters (lactones) is 1. The molecule has 0 aromatic rings. The molecule has 2 saturated carbocycles. The molecule has 0 aromatic carbocycles. The van der Waals surface area contributed by atoms with Crippen molar-refractivity contribution in [2.24, 2.45) is 34.1 Å². The maximum Gasteiger partial charge on any atom is 0.335 e. The summed E-state index contributed by atoms with van der Waals surface area (Å²) >= 11 is 0. The Bertz CT molecular complexity index is 704. The molecule has 7 nitrogen and oxygen atoms in total. The van der Waals surface area contributed by atoms with E-state index in [1.807, 2.05) is 0 Å².